The van der Waals surface area contributed by atoms with E-state index in [1.54, 1.807) is 0 Å². The van der Waals surface area contributed by atoms with Crippen LogP contribution >= 0.6 is 0 Å². The van der Waals surface area contributed by atoms with Crippen LogP contribution in [0, 0.1) is 0 Å². The predicted molar refractivity (Wildman–Crippen MR) is 178 cm³/mol. The van der Waals surface area contributed by atoms with Crippen molar-refractivity contribution < 1.29 is 0 Å². The Morgan fingerprint density at radius 1 is 0.500 bits per heavy atom. The summed E-state index contributed by atoms with van der Waals surface area (Å²) >= 11 is 0. The Hall–Kier alpha value is -3.73. The van der Waals surface area contributed by atoms with Gasteiger partial charge in [-0.2, -0.15) is 0 Å². The largest absolute Gasteiger partial charge is 0.352 e. The van der Waals surface area contributed by atoms with E-state index in [0.29, 0.717) is 23.7 Å². The van der Waals surface area contributed by atoms with Gasteiger partial charge in [0.15, 0.2) is 0 Å². The van der Waals surface area contributed by atoms with Crippen LogP contribution in [0.4, 0.5) is 11.4 Å². The van der Waals surface area contributed by atoms with Gasteiger partial charge in [0.1, 0.15) is 0 Å². The molecule has 2 aliphatic rings. The second kappa shape index (κ2) is 12.6. The highest BCUT2D eigenvalue weighted by atomic mass is 15.4. The fraction of sp³-hybridized carbons (Fsp3) is 0.432. The van der Waals surface area contributed by atoms with Crippen molar-refractivity contribution in [2.24, 2.45) is 0 Å². The van der Waals surface area contributed by atoms with Crippen molar-refractivity contribution in [3.8, 4) is 0 Å². The molecule has 0 aliphatic carbocycles. The Morgan fingerprint density at radius 3 is 1.17 bits per heavy atom. The fourth-order valence-corrected chi connectivity index (χ4v) is 6.23. The van der Waals surface area contributed by atoms with E-state index in [1.807, 2.05) is 0 Å². The zero-order chi connectivity index (χ0) is 30.0. The van der Waals surface area contributed by atoms with Crippen molar-refractivity contribution in [2.75, 3.05) is 23.1 Å². The summed E-state index contributed by atoms with van der Waals surface area (Å²) in [6, 6.07) is 20.0. The normalized spacial score (nSPS) is 15.1. The Labute approximate surface area is 254 Å². The molecule has 2 aliphatic heterocycles. The molecule has 0 bridgehead atoms. The van der Waals surface area contributed by atoms with Crippen molar-refractivity contribution in [2.45, 2.75) is 92.2 Å². The number of anilines is 2. The van der Waals surface area contributed by atoms with Gasteiger partial charge in [0.05, 0.1) is 37.8 Å². The Bertz CT molecular complexity index is 1280. The van der Waals surface area contributed by atoms with E-state index in [-0.39, 0.29) is 0 Å². The molecule has 222 valence electrons. The van der Waals surface area contributed by atoms with Crippen LogP contribution in [0.3, 0.4) is 0 Å². The zero-order valence-corrected chi connectivity index (χ0v) is 26.9. The first kappa shape index (κ1) is 29.8. The van der Waals surface area contributed by atoms with Gasteiger partial charge in [-0.3, -0.25) is 4.98 Å². The van der Waals surface area contributed by atoms with Gasteiger partial charge >= 0.3 is 0 Å². The number of pyridine rings is 1. The van der Waals surface area contributed by atoms with Crippen molar-refractivity contribution in [3.63, 3.8) is 0 Å². The quantitative estimate of drug-likeness (QED) is 0.245. The molecule has 2 aromatic carbocycles. The maximum atomic E-state index is 5.09. The van der Waals surface area contributed by atoms with Gasteiger partial charge < -0.3 is 19.6 Å². The monoisotopic (exact) mass is 563 g/mol. The number of benzene rings is 2. The average molecular weight is 564 g/mol. The molecular weight excluding hydrogens is 514 g/mol. The molecule has 0 amide bonds. The molecule has 0 saturated heterocycles. The summed E-state index contributed by atoms with van der Waals surface area (Å²) in [5, 5.41) is 0. The van der Waals surface area contributed by atoms with E-state index in [9.17, 15) is 0 Å². The van der Waals surface area contributed by atoms with E-state index in [0.717, 1.165) is 37.8 Å². The number of aromatic nitrogens is 1. The summed E-state index contributed by atoms with van der Waals surface area (Å²) in [4.78, 5) is 14.6. The molecular formula is C37H49N5. The van der Waals surface area contributed by atoms with Gasteiger partial charge in [0.2, 0.25) is 0 Å². The highest BCUT2D eigenvalue weighted by Gasteiger charge is 2.24. The fourth-order valence-electron chi connectivity index (χ4n) is 6.23. The molecule has 0 saturated carbocycles. The van der Waals surface area contributed by atoms with Gasteiger partial charge in [-0.25, -0.2) is 0 Å². The molecule has 0 N–H and O–H groups in total. The molecule has 0 spiro atoms. The second-order valence-electron chi connectivity index (χ2n) is 13.1. The highest BCUT2D eigenvalue weighted by Crippen LogP contribution is 2.38. The number of hydrogen-bond acceptors (Lipinski definition) is 5. The van der Waals surface area contributed by atoms with Crippen molar-refractivity contribution in [3.05, 3.63) is 113 Å². The van der Waals surface area contributed by atoms with Gasteiger partial charge in [-0.15, -0.1) is 0 Å². The van der Waals surface area contributed by atoms with E-state index >= 15 is 0 Å². The van der Waals surface area contributed by atoms with E-state index < -0.39 is 0 Å². The maximum absolute atomic E-state index is 5.09. The summed E-state index contributed by atoms with van der Waals surface area (Å²) in [7, 11) is 0. The van der Waals surface area contributed by atoms with Crippen LogP contribution in [-0.4, -0.2) is 28.1 Å². The van der Waals surface area contributed by atoms with Gasteiger partial charge in [0, 0.05) is 36.2 Å². The molecule has 0 unspecified atom stereocenters. The third-order valence-corrected chi connectivity index (χ3v) is 8.44. The molecule has 3 aromatic rings. The first-order chi connectivity index (χ1) is 20.1. The summed E-state index contributed by atoms with van der Waals surface area (Å²) in [6.45, 7) is 21.6. The van der Waals surface area contributed by atoms with Crippen LogP contribution in [0.1, 0.15) is 113 Å². The predicted octanol–water partition coefficient (Wildman–Crippen LogP) is 9.08. The van der Waals surface area contributed by atoms with E-state index in [4.69, 9.17) is 4.98 Å². The Kier molecular flexibility index (Phi) is 8.96. The third kappa shape index (κ3) is 6.35. The minimum absolute atomic E-state index is 0.478. The van der Waals surface area contributed by atoms with Crippen LogP contribution in [0.2, 0.25) is 0 Å². The minimum atomic E-state index is 0.478. The van der Waals surface area contributed by atoms with Gasteiger partial charge in [-0.05, 0) is 58.1 Å². The Morgan fingerprint density at radius 2 is 0.833 bits per heavy atom. The molecule has 5 heteroatoms. The summed E-state index contributed by atoms with van der Waals surface area (Å²) < 4.78 is 0. The lowest BCUT2D eigenvalue weighted by atomic mass is 9.92. The lowest BCUT2D eigenvalue weighted by Crippen LogP contribution is -2.28. The number of hydrogen-bond donors (Lipinski definition) is 0. The summed E-state index contributed by atoms with van der Waals surface area (Å²) in [6.07, 6.45) is 8.91. The summed E-state index contributed by atoms with van der Waals surface area (Å²) in [5.41, 5.74) is 10.6. The smallest absolute Gasteiger partial charge is 0.0946 e. The lowest BCUT2D eigenvalue weighted by Gasteiger charge is -2.28. The Balaban J connectivity index is 1.25. The number of nitrogens with zero attached hydrogens (tertiary/aromatic N) is 5. The zero-order valence-electron chi connectivity index (χ0n) is 26.9. The van der Waals surface area contributed by atoms with E-state index in [1.165, 1.54) is 33.6 Å². The minimum Gasteiger partial charge on any atom is -0.352 e. The number of rotatable bonds is 10. The second-order valence-corrected chi connectivity index (χ2v) is 13.1. The highest BCUT2D eigenvalue weighted by molar-refractivity contribution is 5.65. The van der Waals surface area contributed by atoms with E-state index in [2.05, 4.69) is 154 Å². The van der Waals surface area contributed by atoms with Crippen molar-refractivity contribution in [1.82, 2.24) is 14.8 Å². The molecule has 42 heavy (non-hydrogen) atoms. The maximum Gasteiger partial charge on any atom is 0.0946 e. The van der Waals surface area contributed by atoms with Crippen LogP contribution in [0.5, 0.6) is 0 Å². The van der Waals surface area contributed by atoms with Gasteiger partial charge in [0.25, 0.3) is 0 Å². The van der Waals surface area contributed by atoms with Crippen LogP contribution in [-0.2, 0) is 13.1 Å². The van der Waals surface area contributed by atoms with Crippen molar-refractivity contribution in [1.29, 1.82) is 0 Å². The van der Waals surface area contributed by atoms with Gasteiger partial charge in [-0.1, -0.05) is 97.9 Å². The number of para-hydroxylation sites is 2. The molecule has 0 atom stereocenters. The average Bonchev–Trinajstić information content (AvgIpc) is 3.62. The molecule has 5 nitrogen and oxygen atoms in total. The topological polar surface area (TPSA) is 25.9 Å². The molecule has 1 aromatic heterocycles. The lowest BCUT2D eigenvalue weighted by molar-refractivity contribution is 0.382. The molecule has 0 fully saturated rings. The first-order valence-corrected chi connectivity index (χ1v) is 15.7. The molecule has 0 radical (unpaired) electrons. The SMILES string of the molecule is CC(C)c1cccc(C(C)C)c1N1C=CN(Cc2cccc(CN3C=CN(c4c(C(C)C)cccc4C(C)C)C3)n2)C1. The molecule has 3 heterocycles. The van der Waals surface area contributed by atoms with Crippen molar-refractivity contribution >= 4 is 11.4 Å². The standard InChI is InChI=1S/C37H49N5/c1-26(2)32-14-10-15-33(27(3)4)36(32)41-20-18-39(24-41)22-30-12-9-13-31(38-30)23-40-19-21-42(25-40)37-34(28(5)6)16-11-17-35(37)29(7)8/h9-21,26-29H,22-25H2,1-8H3. The van der Waals surface area contributed by atoms with Crippen LogP contribution in [0.25, 0.3) is 0 Å². The molecule has 5 rings (SSSR count). The van der Waals surface area contributed by atoms with Crippen LogP contribution < -0.4 is 9.80 Å². The van der Waals surface area contributed by atoms with Crippen LogP contribution in [0.15, 0.2) is 79.4 Å². The summed E-state index contributed by atoms with van der Waals surface area (Å²) in [5.74, 6) is 1.91. The third-order valence-electron chi connectivity index (χ3n) is 8.44. The first-order valence-electron chi connectivity index (χ1n) is 15.7.